The Hall–Kier alpha value is -1.65. The second-order valence-corrected chi connectivity index (χ2v) is 5.61. The SMILES string of the molecule is Cc1csc(CNC(C)c2cc3ccccc3o2)n1. The maximum atomic E-state index is 5.84. The summed E-state index contributed by atoms with van der Waals surface area (Å²) in [5.74, 6) is 0.967. The number of hydrogen-bond acceptors (Lipinski definition) is 4. The first kappa shape index (κ1) is 12.4. The van der Waals surface area contributed by atoms with Crippen molar-refractivity contribution in [2.45, 2.75) is 26.4 Å². The molecule has 1 aromatic carbocycles. The molecule has 1 N–H and O–H groups in total. The summed E-state index contributed by atoms with van der Waals surface area (Å²) in [6, 6.07) is 10.4. The highest BCUT2D eigenvalue weighted by atomic mass is 32.1. The summed E-state index contributed by atoms with van der Waals surface area (Å²) in [6.07, 6.45) is 0. The van der Waals surface area contributed by atoms with Gasteiger partial charge in [-0.15, -0.1) is 11.3 Å². The third-order valence-corrected chi connectivity index (χ3v) is 4.06. The fourth-order valence-electron chi connectivity index (χ4n) is 2.04. The number of para-hydroxylation sites is 1. The lowest BCUT2D eigenvalue weighted by Crippen LogP contribution is -2.17. The van der Waals surface area contributed by atoms with Crippen LogP contribution in [0.1, 0.15) is 29.4 Å². The van der Waals surface area contributed by atoms with Gasteiger partial charge < -0.3 is 9.73 Å². The molecule has 0 fully saturated rings. The van der Waals surface area contributed by atoms with Crippen molar-refractivity contribution in [2.24, 2.45) is 0 Å². The Morgan fingerprint density at radius 2 is 2.21 bits per heavy atom. The smallest absolute Gasteiger partial charge is 0.134 e. The molecular formula is C15H16N2OS. The van der Waals surface area contributed by atoms with E-state index in [1.807, 2.05) is 25.1 Å². The molecule has 1 atom stereocenters. The topological polar surface area (TPSA) is 38.1 Å². The lowest BCUT2D eigenvalue weighted by Gasteiger charge is -2.09. The van der Waals surface area contributed by atoms with E-state index in [4.69, 9.17) is 4.42 Å². The number of nitrogens with zero attached hydrogens (tertiary/aromatic N) is 1. The number of hydrogen-bond donors (Lipinski definition) is 1. The molecule has 0 aliphatic rings. The van der Waals surface area contributed by atoms with E-state index in [2.05, 4.69) is 34.7 Å². The van der Waals surface area contributed by atoms with E-state index >= 15 is 0 Å². The Balaban J connectivity index is 1.71. The third-order valence-electron chi connectivity index (χ3n) is 3.10. The molecule has 0 spiro atoms. The Labute approximate surface area is 116 Å². The lowest BCUT2D eigenvalue weighted by molar-refractivity contribution is 0.450. The minimum Gasteiger partial charge on any atom is -0.459 e. The highest BCUT2D eigenvalue weighted by molar-refractivity contribution is 7.09. The lowest BCUT2D eigenvalue weighted by atomic mass is 10.2. The summed E-state index contributed by atoms with van der Waals surface area (Å²) in [7, 11) is 0. The molecule has 0 aliphatic carbocycles. The van der Waals surface area contributed by atoms with E-state index in [0.29, 0.717) is 0 Å². The van der Waals surface area contributed by atoms with Gasteiger partial charge in [-0.2, -0.15) is 0 Å². The van der Waals surface area contributed by atoms with Crippen LogP contribution in [0, 0.1) is 6.92 Å². The van der Waals surface area contributed by atoms with Gasteiger partial charge in [0.2, 0.25) is 0 Å². The van der Waals surface area contributed by atoms with Crippen LogP contribution >= 0.6 is 11.3 Å². The van der Waals surface area contributed by atoms with E-state index in [0.717, 1.165) is 34.0 Å². The molecule has 3 aromatic rings. The fourth-order valence-corrected chi connectivity index (χ4v) is 2.76. The van der Waals surface area contributed by atoms with Crippen molar-refractivity contribution in [3.63, 3.8) is 0 Å². The standard InChI is InChI=1S/C15H16N2OS/c1-10-9-19-15(17-10)8-16-11(2)14-7-12-5-3-4-6-13(12)18-14/h3-7,9,11,16H,8H2,1-2H3. The van der Waals surface area contributed by atoms with Gasteiger partial charge in [0, 0.05) is 23.0 Å². The van der Waals surface area contributed by atoms with Crippen molar-refractivity contribution in [2.75, 3.05) is 0 Å². The Kier molecular flexibility index (Phi) is 3.36. The molecule has 3 nitrogen and oxygen atoms in total. The molecule has 2 aromatic heterocycles. The molecular weight excluding hydrogens is 256 g/mol. The number of aryl methyl sites for hydroxylation is 1. The van der Waals surface area contributed by atoms with Gasteiger partial charge >= 0.3 is 0 Å². The van der Waals surface area contributed by atoms with Crippen molar-refractivity contribution in [1.29, 1.82) is 0 Å². The summed E-state index contributed by atoms with van der Waals surface area (Å²) < 4.78 is 5.84. The zero-order chi connectivity index (χ0) is 13.2. The first-order chi connectivity index (χ1) is 9.22. The van der Waals surface area contributed by atoms with Crippen molar-refractivity contribution in [3.8, 4) is 0 Å². The Bertz CT molecular complexity index is 653. The van der Waals surface area contributed by atoms with Crippen molar-refractivity contribution < 1.29 is 4.42 Å². The molecule has 1 unspecified atom stereocenters. The molecule has 0 radical (unpaired) electrons. The first-order valence-electron chi connectivity index (χ1n) is 6.35. The normalized spacial score (nSPS) is 12.9. The summed E-state index contributed by atoms with van der Waals surface area (Å²) in [4.78, 5) is 4.44. The highest BCUT2D eigenvalue weighted by Crippen LogP contribution is 2.23. The zero-order valence-corrected chi connectivity index (χ0v) is 11.8. The largest absolute Gasteiger partial charge is 0.459 e. The number of aromatic nitrogens is 1. The van der Waals surface area contributed by atoms with Crippen LogP contribution in [0.25, 0.3) is 11.0 Å². The molecule has 4 heteroatoms. The van der Waals surface area contributed by atoms with Gasteiger partial charge in [-0.3, -0.25) is 0 Å². The average molecular weight is 272 g/mol. The van der Waals surface area contributed by atoms with Crippen molar-refractivity contribution in [3.05, 3.63) is 52.2 Å². The summed E-state index contributed by atoms with van der Waals surface area (Å²) in [5.41, 5.74) is 2.02. The van der Waals surface area contributed by atoms with Crippen LogP contribution in [0.3, 0.4) is 0 Å². The van der Waals surface area contributed by atoms with Gasteiger partial charge in [-0.1, -0.05) is 18.2 Å². The Morgan fingerprint density at radius 3 is 2.95 bits per heavy atom. The highest BCUT2D eigenvalue weighted by Gasteiger charge is 2.11. The van der Waals surface area contributed by atoms with Crippen LogP contribution in [-0.2, 0) is 6.54 Å². The molecule has 0 aliphatic heterocycles. The second-order valence-electron chi connectivity index (χ2n) is 4.67. The fraction of sp³-hybridized carbons (Fsp3) is 0.267. The number of benzene rings is 1. The second kappa shape index (κ2) is 5.15. The van der Waals surface area contributed by atoms with Gasteiger partial charge in [-0.05, 0) is 26.0 Å². The van der Waals surface area contributed by atoms with Crippen LogP contribution in [0.5, 0.6) is 0 Å². The maximum absolute atomic E-state index is 5.84. The summed E-state index contributed by atoms with van der Waals surface area (Å²) >= 11 is 1.69. The summed E-state index contributed by atoms with van der Waals surface area (Å²) in [6.45, 7) is 4.90. The van der Waals surface area contributed by atoms with Crippen molar-refractivity contribution in [1.82, 2.24) is 10.3 Å². The minimum absolute atomic E-state index is 0.177. The van der Waals surface area contributed by atoms with Gasteiger partial charge in [0.05, 0.1) is 6.04 Å². The van der Waals surface area contributed by atoms with Crippen LogP contribution < -0.4 is 5.32 Å². The zero-order valence-electron chi connectivity index (χ0n) is 11.0. The van der Waals surface area contributed by atoms with Crippen LogP contribution in [-0.4, -0.2) is 4.98 Å². The number of nitrogens with one attached hydrogen (secondary N) is 1. The summed E-state index contributed by atoms with van der Waals surface area (Å²) in [5, 5.41) is 7.78. The quantitative estimate of drug-likeness (QED) is 0.778. The number of rotatable bonds is 4. The third kappa shape index (κ3) is 2.69. The van der Waals surface area contributed by atoms with Crippen LogP contribution in [0.4, 0.5) is 0 Å². The maximum Gasteiger partial charge on any atom is 0.134 e. The number of furan rings is 1. The van der Waals surface area contributed by atoms with Gasteiger partial charge in [0.25, 0.3) is 0 Å². The van der Waals surface area contributed by atoms with Gasteiger partial charge in [-0.25, -0.2) is 4.98 Å². The monoisotopic (exact) mass is 272 g/mol. The molecule has 3 rings (SSSR count). The predicted molar refractivity (Wildman–Crippen MR) is 78.3 cm³/mol. The molecule has 0 amide bonds. The molecule has 98 valence electrons. The van der Waals surface area contributed by atoms with E-state index in [1.165, 1.54) is 0 Å². The van der Waals surface area contributed by atoms with Gasteiger partial charge in [0.1, 0.15) is 16.4 Å². The Morgan fingerprint density at radius 1 is 1.37 bits per heavy atom. The predicted octanol–water partition coefficient (Wildman–Crippen LogP) is 4.05. The van der Waals surface area contributed by atoms with Crippen LogP contribution in [0.15, 0.2) is 40.1 Å². The van der Waals surface area contributed by atoms with E-state index in [1.54, 1.807) is 11.3 Å². The van der Waals surface area contributed by atoms with Gasteiger partial charge in [0.15, 0.2) is 0 Å². The number of thiazole rings is 1. The number of fused-ring (bicyclic) bond motifs is 1. The minimum atomic E-state index is 0.177. The van der Waals surface area contributed by atoms with E-state index in [-0.39, 0.29) is 6.04 Å². The average Bonchev–Trinajstić information content (AvgIpc) is 3.01. The molecule has 0 bridgehead atoms. The first-order valence-corrected chi connectivity index (χ1v) is 7.23. The molecule has 2 heterocycles. The molecule has 19 heavy (non-hydrogen) atoms. The molecule has 0 saturated heterocycles. The van der Waals surface area contributed by atoms with E-state index in [9.17, 15) is 0 Å². The van der Waals surface area contributed by atoms with Crippen molar-refractivity contribution >= 4 is 22.3 Å². The molecule has 0 saturated carbocycles. The van der Waals surface area contributed by atoms with E-state index < -0.39 is 0 Å². The van der Waals surface area contributed by atoms with Crippen LogP contribution in [0.2, 0.25) is 0 Å².